The Kier molecular flexibility index (Phi) is 5.15. The van der Waals surface area contributed by atoms with Crippen LogP contribution in [-0.4, -0.2) is 52.4 Å². The summed E-state index contributed by atoms with van der Waals surface area (Å²) in [5.74, 6) is -0.720. The molecule has 0 unspecified atom stereocenters. The molecule has 4 rings (SSSR count). The van der Waals surface area contributed by atoms with Gasteiger partial charge in [0.05, 0.1) is 20.3 Å². The van der Waals surface area contributed by atoms with E-state index in [0.29, 0.717) is 12.6 Å². The first-order valence-corrected chi connectivity index (χ1v) is 10.0. The van der Waals surface area contributed by atoms with E-state index in [2.05, 4.69) is 4.90 Å². The number of hydrogen-bond donors (Lipinski definition) is 0. The third kappa shape index (κ3) is 3.79. The molecular formula is C20H21N3O4S. The maximum absolute atomic E-state index is 12.7. The maximum Gasteiger partial charge on any atom is 0.335 e. The van der Waals surface area contributed by atoms with Crippen molar-refractivity contribution in [3.63, 3.8) is 0 Å². The summed E-state index contributed by atoms with van der Waals surface area (Å²) in [6.45, 7) is 0.866. The molecule has 1 saturated heterocycles. The number of amides is 4. The molecule has 2 heterocycles. The fourth-order valence-corrected chi connectivity index (χ4v) is 3.95. The maximum atomic E-state index is 12.7. The van der Waals surface area contributed by atoms with Crippen molar-refractivity contribution in [1.82, 2.24) is 14.7 Å². The monoisotopic (exact) mass is 399 g/mol. The number of rotatable bonds is 8. The van der Waals surface area contributed by atoms with E-state index in [-0.39, 0.29) is 13.2 Å². The molecule has 2 aromatic rings. The van der Waals surface area contributed by atoms with Gasteiger partial charge in [-0.1, -0.05) is 18.2 Å². The first-order valence-electron chi connectivity index (χ1n) is 9.13. The van der Waals surface area contributed by atoms with Gasteiger partial charge in [-0.2, -0.15) is 0 Å². The highest BCUT2D eigenvalue weighted by Gasteiger charge is 2.46. The molecule has 7 nitrogen and oxygen atoms in total. The number of carbonyl (C=O) groups excluding carboxylic acids is 3. The average Bonchev–Trinajstić information content (AvgIpc) is 3.39. The second kappa shape index (κ2) is 7.73. The molecule has 0 atom stereocenters. The van der Waals surface area contributed by atoms with E-state index in [1.807, 2.05) is 41.8 Å². The number of benzene rings is 1. The molecule has 8 heteroatoms. The third-order valence-electron chi connectivity index (χ3n) is 4.96. The van der Waals surface area contributed by atoms with Crippen molar-refractivity contribution >= 4 is 29.2 Å². The minimum absolute atomic E-state index is 0.126. The normalized spacial score (nSPS) is 17.1. The lowest BCUT2D eigenvalue weighted by atomic mass is 10.2. The van der Waals surface area contributed by atoms with Gasteiger partial charge in [0.2, 0.25) is 0 Å². The smallest absolute Gasteiger partial charge is 0.335 e. The van der Waals surface area contributed by atoms with Crippen LogP contribution in [0.5, 0.6) is 5.75 Å². The number of nitrogens with zero attached hydrogens (tertiary/aromatic N) is 3. The minimum Gasteiger partial charge on any atom is -0.497 e. The molecule has 1 aliphatic heterocycles. The number of imide groups is 2. The summed E-state index contributed by atoms with van der Waals surface area (Å²) in [6, 6.07) is 11.2. The van der Waals surface area contributed by atoms with Crippen LogP contribution in [0.25, 0.3) is 0 Å². The van der Waals surface area contributed by atoms with Crippen molar-refractivity contribution in [1.29, 1.82) is 0 Å². The Hall–Kier alpha value is -2.71. The van der Waals surface area contributed by atoms with Gasteiger partial charge in [-0.05, 0) is 42.0 Å². The predicted molar refractivity (Wildman–Crippen MR) is 104 cm³/mol. The van der Waals surface area contributed by atoms with E-state index in [1.165, 1.54) is 11.3 Å². The summed E-state index contributed by atoms with van der Waals surface area (Å²) in [5, 5.41) is 1.88. The van der Waals surface area contributed by atoms with Crippen molar-refractivity contribution in [2.24, 2.45) is 0 Å². The first-order chi connectivity index (χ1) is 13.6. The first kappa shape index (κ1) is 18.6. The summed E-state index contributed by atoms with van der Waals surface area (Å²) in [4.78, 5) is 42.6. The van der Waals surface area contributed by atoms with Gasteiger partial charge in [0.1, 0.15) is 5.75 Å². The molecule has 1 aliphatic carbocycles. The highest BCUT2D eigenvalue weighted by Crippen LogP contribution is 2.30. The van der Waals surface area contributed by atoms with Gasteiger partial charge in [0.15, 0.2) is 0 Å². The van der Waals surface area contributed by atoms with Crippen molar-refractivity contribution in [3.8, 4) is 5.75 Å². The van der Waals surface area contributed by atoms with Crippen LogP contribution < -0.4 is 4.74 Å². The number of carbonyl (C=O) groups is 3. The van der Waals surface area contributed by atoms with Gasteiger partial charge < -0.3 is 4.74 Å². The Morgan fingerprint density at radius 1 is 1.07 bits per heavy atom. The van der Waals surface area contributed by atoms with Crippen molar-refractivity contribution < 1.29 is 19.1 Å². The largest absolute Gasteiger partial charge is 0.497 e. The number of thiophene rings is 1. The minimum atomic E-state index is -0.751. The molecule has 1 saturated carbocycles. The molecule has 0 bridgehead atoms. The topological polar surface area (TPSA) is 70.2 Å². The lowest BCUT2D eigenvalue weighted by Gasteiger charge is -2.26. The van der Waals surface area contributed by atoms with Crippen molar-refractivity contribution in [3.05, 3.63) is 52.2 Å². The summed E-state index contributed by atoms with van der Waals surface area (Å²) < 4.78 is 5.18. The molecule has 1 aromatic carbocycles. The Labute approximate surface area is 167 Å². The number of hydrogen-bond acceptors (Lipinski definition) is 6. The van der Waals surface area contributed by atoms with Gasteiger partial charge in [0.25, 0.3) is 0 Å². The summed E-state index contributed by atoms with van der Waals surface area (Å²) in [7, 11) is 1.62. The molecule has 28 heavy (non-hydrogen) atoms. The summed E-state index contributed by atoms with van der Waals surface area (Å²) >= 11 is 1.45. The van der Waals surface area contributed by atoms with E-state index >= 15 is 0 Å². The second-order valence-corrected chi connectivity index (χ2v) is 7.99. The Balaban J connectivity index is 1.46. The van der Waals surface area contributed by atoms with E-state index in [9.17, 15) is 14.4 Å². The second-order valence-electron chi connectivity index (χ2n) is 6.95. The molecule has 2 aliphatic rings. The fraction of sp³-hybridized carbons (Fsp3) is 0.350. The van der Waals surface area contributed by atoms with E-state index in [0.717, 1.165) is 38.8 Å². The average molecular weight is 399 g/mol. The zero-order chi connectivity index (χ0) is 19.7. The van der Waals surface area contributed by atoms with Crippen LogP contribution in [0.15, 0.2) is 41.8 Å². The zero-order valence-electron chi connectivity index (χ0n) is 15.5. The number of ether oxygens (including phenoxy) is 1. The van der Waals surface area contributed by atoms with Crippen molar-refractivity contribution in [2.45, 2.75) is 32.0 Å². The van der Waals surface area contributed by atoms with Crippen LogP contribution >= 0.6 is 11.3 Å². The van der Waals surface area contributed by atoms with Gasteiger partial charge in [-0.25, -0.2) is 9.69 Å². The summed E-state index contributed by atoms with van der Waals surface area (Å²) in [6.07, 6.45) is 2.05. The molecule has 0 spiro atoms. The zero-order valence-corrected chi connectivity index (χ0v) is 16.4. The van der Waals surface area contributed by atoms with Gasteiger partial charge >= 0.3 is 17.8 Å². The fourth-order valence-electron chi connectivity index (χ4n) is 3.25. The van der Waals surface area contributed by atoms with Gasteiger partial charge in [0, 0.05) is 17.5 Å². The Bertz CT molecular complexity index is 877. The van der Waals surface area contributed by atoms with Crippen LogP contribution in [-0.2, 0) is 22.7 Å². The van der Waals surface area contributed by atoms with Crippen LogP contribution in [0, 0.1) is 0 Å². The molecule has 146 valence electrons. The molecular weight excluding hydrogens is 378 g/mol. The van der Waals surface area contributed by atoms with Crippen LogP contribution in [0.2, 0.25) is 0 Å². The number of methoxy groups -OCH3 is 1. The summed E-state index contributed by atoms with van der Waals surface area (Å²) in [5.41, 5.74) is 1.06. The molecule has 1 aromatic heterocycles. The highest BCUT2D eigenvalue weighted by atomic mass is 32.1. The van der Waals surface area contributed by atoms with Gasteiger partial charge in [-0.15, -0.1) is 11.3 Å². The molecule has 2 fully saturated rings. The molecule has 4 amide bonds. The van der Waals surface area contributed by atoms with Crippen molar-refractivity contribution in [2.75, 3.05) is 13.8 Å². The van der Waals surface area contributed by atoms with Gasteiger partial charge in [-0.3, -0.25) is 19.4 Å². The molecule has 0 radical (unpaired) electrons. The third-order valence-corrected chi connectivity index (χ3v) is 5.82. The standard InChI is InChI=1S/C20H21N3O4S/c1-27-16-8-4-14(5-9-16)11-21(15-6-7-15)13-23-19(25)18(24)22(20(23)26)12-17-3-2-10-28-17/h2-5,8-10,15H,6-7,11-13H2,1H3. The number of urea groups is 1. The van der Waals surface area contributed by atoms with E-state index in [4.69, 9.17) is 4.74 Å². The highest BCUT2D eigenvalue weighted by molar-refractivity contribution is 7.09. The lowest BCUT2D eigenvalue weighted by molar-refractivity contribution is -0.144. The predicted octanol–water partition coefficient (Wildman–Crippen LogP) is 2.67. The SMILES string of the molecule is COc1ccc(CN(CN2C(=O)C(=O)N(Cc3cccs3)C2=O)C2CC2)cc1. The van der Waals surface area contributed by atoms with Crippen LogP contribution in [0.3, 0.4) is 0 Å². The van der Waals surface area contributed by atoms with E-state index < -0.39 is 17.8 Å². The quantitative estimate of drug-likeness (QED) is 0.504. The molecule has 0 N–H and O–H groups in total. The Morgan fingerprint density at radius 3 is 2.39 bits per heavy atom. The lowest BCUT2D eigenvalue weighted by Crippen LogP contribution is -2.42. The van der Waals surface area contributed by atoms with E-state index in [1.54, 1.807) is 7.11 Å². The van der Waals surface area contributed by atoms with Crippen LogP contribution in [0.4, 0.5) is 4.79 Å². The Morgan fingerprint density at radius 2 is 1.79 bits per heavy atom. The van der Waals surface area contributed by atoms with Crippen LogP contribution in [0.1, 0.15) is 23.3 Å².